The number of nitrogen functional groups attached to an aromatic ring is 1. The molecule has 0 aliphatic heterocycles. The maximum absolute atomic E-state index is 11.8. The highest BCUT2D eigenvalue weighted by Gasteiger charge is 2.21. The van der Waals surface area contributed by atoms with Crippen LogP contribution in [0.15, 0.2) is 30.5 Å². The second-order valence-electron chi connectivity index (χ2n) is 3.75. The van der Waals surface area contributed by atoms with Crippen molar-refractivity contribution in [1.82, 2.24) is 4.98 Å². The predicted molar refractivity (Wildman–Crippen MR) is 67.8 cm³/mol. The lowest BCUT2D eigenvalue weighted by atomic mass is 10.0. The lowest BCUT2D eigenvalue weighted by molar-refractivity contribution is -0.727. The van der Waals surface area contributed by atoms with E-state index >= 15 is 0 Å². The standard InChI is InChI=1S/C12H8N4O4/c13-6-7-4-5-15-11(7)8-2-1-3-9(14)10(8)12(17)20-16(18)19/h1-5,15H,14H2. The van der Waals surface area contributed by atoms with E-state index in [9.17, 15) is 14.9 Å². The highest BCUT2D eigenvalue weighted by Crippen LogP contribution is 2.29. The first-order chi connectivity index (χ1) is 9.54. The smallest absolute Gasteiger partial charge is 0.337 e. The molecule has 0 radical (unpaired) electrons. The third kappa shape index (κ3) is 2.28. The largest absolute Gasteiger partial charge is 0.398 e. The van der Waals surface area contributed by atoms with Gasteiger partial charge in [-0.05, 0) is 12.1 Å². The molecule has 0 saturated heterocycles. The second-order valence-corrected chi connectivity index (χ2v) is 3.75. The quantitative estimate of drug-likeness (QED) is 0.493. The fourth-order valence-corrected chi connectivity index (χ4v) is 1.81. The number of aromatic nitrogens is 1. The predicted octanol–water partition coefficient (Wildman–Crippen LogP) is 1.48. The minimum atomic E-state index is -1.21. The Kier molecular flexibility index (Phi) is 3.35. The molecule has 8 nitrogen and oxygen atoms in total. The molecule has 1 aromatic heterocycles. The Bertz CT molecular complexity index is 729. The third-order valence-corrected chi connectivity index (χ3v) is 2.60. The lowest BCUT2D eigenvalue weighted by Gasteiger charge is -2.09. The molecule has 3 N–H and O–H groups in total. The van der Waals surface area contributed by atoms with Gasteiger partial charge in [-0.2, -0.15) is 5.26 Å². The topological polar surface area (TPSA) is 135 Å². The van der Waals surface area contributed by atoms with Crippen LogP contribution in [0.25, 0.3) is 11.3 Å². The first-order valence-electron chi connectivity index (χ1n) is 5.37. The van der Waals surface area contributed by atoms with Crippen molar-refractivity contribution in [1.29, 1.82) is 5.26 Å². The fraction of sp³-hybridized carbons (Fsp3) is 0. The first-order valence-corrected chi connectivity index (χ1v) is 5.37. The number of nitrogens with zero attached hydrogens (tertiary/aromatic N) is 2. The van der Waals surface area contributed by atoms with E-state index in [1.54, 1.807) is 6.07 Å². The number of carbonyl (C=O) groups excluding carboxylic acids is 1. The average molecular weight is 272 g/mol. The van der Waals surface area contributed by atoms with E-state index in [0.717, 1.165) is 0 Å². The van der Waals surface area contributed by atoms with Crippen LogP contribution in [-0.4, -0.2) is 16.0 Å². The van der Waals surface area contributed by atoms with Gasteiger partial charge in [0.25, 0.3) is 0 Å². The van der Waals surface area contributed by atoms with Crippen molar-refractivity contribution >= 4 is 11.7 Å². The minimum Gasteiger partial charge on any atom is -0.398 e. The Morgan fingerprint density at radius 3 is 2.85 bits per heavy atom. The number of rotatable bonds is 3. The fourth-order valence-electron chi connectivity index (χ4n) is 1.81. The van der Waals surface area contributed by atoms with E-state index in [-0.39, 0.29) is 22.4 Å². The number of nitrogens with one attached hydrogen (secondary N) is 1. The molecule has 2 rings (SSSR count). The van der Waals surface area contributed by atoms with Gasteiger partial charge in [-0.1, -0.05) is 12.1 Å². The van der Waals surface area contributed by atoms with Crippen LogP contribution in [0.1, 0.15) is 15.9 Å². The summed E-state index contributed by atoms with van der Waals surface area (Å²) in [5, 5.41) is 18.1. The van der Waals surface area contributed by atoms with Gasteiger partial charge in [-0.15, -0.1) is 10.1 Å². The second kappa shape index (κ2) is 5.11. The van der Waals surface area contributed by atoms with Gasteiger partial charge >= 0.3 is 11.1 Å². The molecular weight excluding hydrogens is 264 g/mol. The molecule has 1 heterocycles. The van der Waals surface area contributed by atoms with E-state index in [4.69, 9.17) is 11.0 Å². The van der Waals surface area contributed by atoms with Gasteiger partial charge < -0.3 is 10.7 Å². The summed E-state index contributed by atoms with van der Waals surface area (Å²) >= 11 is 0. The maximum Gasteiger partial charge on any atom is 0.337 e. The molecule has 20 heavy (non-hydrogen) atoms. The van der Waals surface area contributed by atoms with E-state index in [2.05, 4.69) is 9.82 Å². The van der Waals surface area contributed by atoms with Crippen LogP contribution in [-0.2, 0) is 4.84 Å². The first kappa shape index (κ1) is 13.1. The van der Waals surface area contributed by atoms with Gasteiger partial charge in [0, 0.05) is 17.4 Å². The Balaban J connectivity index is 2.61. The van der Waals surface area contributed by atoms with Crippen molar-refractivity contribution in [3.05, 3.63) is 51.7 Å². The summed E-state index contributed by atoms with van der Waals surface area (Å²) in [6.07, 6.45) is 1.51. The number of nitrogens with two attached hydrogens (primary N) is 1. The van der Waals surface area contributed by atoms with Crippen molar-refractivity contribution < 1.29 is 14.7 Å². The summed E-state index contributed by atoms with van der Waals surface area (Å²) < 4.78 is 0. The zero-order valence-corrected chi connectivity index (χ0v) is 9.99. The van der Waals surface area contributed by atoms with Crippen molar-refractivity contribution in [2.45, 2.75) is 0 Å². The number of hydrogen-bond donors (Lipinski definition) is 2. The van der Waals surface area contributed by atoms with Gasteiger partial charge in [-0.3, -0.25) is 4.79 Å². The summed E-state index contributed by atoms with van der Waals surface area (Å²) in [6.45, 7) is 0. The van der Waals surface area contributed by atoms with E-state index in [1.807, 2.05) is 6.07 Å². The molecule has 0 aliphatic carbocycles. The average Bonchev–Trinajstić information content (AvgIpc) is 2.85. The zero-order chi connectivity index (χ0) is 14.7. The summed E-state index contributed by atoms with van der Waals surface area (Å²) in [7, 11) is 0. The molecule has 0 fully saturated rings. The molecule has 1 aromatic carbocycles. The molecule has 0 atom stereocenters. The lowest BCUT2D eigenvalue weighted by Crippen LogP contribution is -2.14. The van der Waals surface area contributed by atoms with Crippen LogP contribution < -0.4 is 5.73 Å². The summed E-state index contributed by atoms with van der Waals surface area (Å²) in [4.78, 5) is 28.8. The zero-order valence-electron chi connectivity index (χ0n) is 9.99. The van der Waals surface area contributed by atoms with Crippen LogP contribution in [0.5, 0.6) is 0 Å². The van der Waals surface area contributed by atoms with Crippen LogP contribution >= 0.6 is 0 Å². The maximum atomic E-state index is 11.8. The molecule has 0 saturated carbocycles. The monoisotopic (exact) mass is 272 g/mol. The van der Waals surface area contributed by atoms with Crippen molar-refractivity contribution in [3.8, 4) is 17.3 Å². The summed E-state index contributed by atoms with van der Waals surface area (Å²) in [5.74, 6) is -1.19. The molecule has 0 amide bonds. The molecular formula is C12H8N4O4. The molecule has 0 unspecified atom stereocenters. The molecule has 0 bridgehead atoms. The Morgan fingerprint density at radius 2 is 2.20 bits per heavy atom. The van der Waals surface area contributed by atoms with Gasteiger partial charge in [-0.25, -0.2) is 4.84 Å². The Labute approximate surface area is 112 Å². The van der Waals surface area contributed by atoms with Crippen LogP contribution in [0.3, 0.4) is 0 Å². The SMILES string of the molecule is N#Cc1cc[nH]c1-c1cccc(N)c1C(=O)O[N+](=O)[O-]. The van der Waals surface area contributed by atoms with E-state index < -0.39 is 11.1 Å². The van der Waals surface area contributed by atoms with E-state index in [0.29, 0.717) is 5.69 Å². The number of benzene rings is 1. The number of H-pyrrole nitrogens is 1. The molecule has 100 valence electrons. The summed E-state index contributed by atoms with van der Waals surface area (Å²) in [6, 6.07) is 7.95. The highest BCUT2D eigenvalue weighted by molar-refractivity contribution is 6.02. The number of anilines is 1. The molecule has 0 aliphatic rings. The van der Waals surface area contributed by atoms with Crippen LogP contribution in [0.4, 0.5) is 5.69 Å². The molecule has 8 heteroatoms. The van der Waals surface area contributed by atoms with Crippen LogP contribution in [0, 0.1) is 21.4 Å². The number of carbonyl (C=O) groups is 1. The minimum absolute atomic E-state index is 0.0211. The van der Waals surface area contributed by atoms with Crippen molar-refractivity contribution in [2.75, 3.05) is 5.73 Å². The van der Waals surface area contributed by atoms with Crippen molar-refractivity contribution in [3.63, 3.8) is 0 Å². The van der Waals surface area contributed by atoms with Gasteiger partial charge in [0.15, 0.2) is 0 Å². The molecule has 2 aromatic rings. The summed E-state index contributed by atoms with van der Waals surface area (Å²) in [5.41, 5.74) is 6.42. The van der Waals surface area contributed by atoms with E-state index in [1.165, 1.54) is 24.4 Å². The Morgan fingerprint density at radius 1 is 1.45 bits per heavy atom. The highest BCUT2D eigenvalue weighted by atomic mass is 17.0. The Hall–Kier alpha value is -3.34. The number of aromatic amines is 1. The van der Waals surface area contributed by atoms with Gasteiger partial charge in [0.05, 0.1) is 16.8 Å². The number of nitriles is 1. The third-order valence-electron chi connectivity index (χ3n) is 2.60. The van der Waals surface area contributed by atoms with Gasteiger partial charge in [0.1, 0.15) is 6.07 Å². The normalized spacial score (nSPS) is 9.75. The van der Waals surface area contributed by atoms with Crippen molar-refractivity contribution in [2.24, 2.45) is 0 Å². The van der Waals surface area contributed by atoms with Gasteiger partial charge in [0.2, 0.25) is 0 Å². The number of hydrogen-bond acceptors (Lipinski definition) is 6. The molecule has 0 spiro atoms. The van der Waals surface area contributed by atoms with Crippen LogP contribution in [0.2, 0.25) is 0 Å².